The summed E-state index contributed by atoms with van der Waals surface area (Å²) in [6, 6.07) is 9.26. The highest BCUT2D eigenvalue weighted by atomic mass is 16.5. The average Bonchev–Trinajstić information content (AvgIpc) is 2.53. The second-order valence-corrected chi connectivity index (χ2v) is 2.40. The fourth-order valence-electron chi connectivity index (χ4n) is 1.05. The van der Waals surface area contributed by atoms with Gasteiger partial charge in [-0.05, 0) is 12.1 Å². The highest BCUT2D eigenvalue weighted by Crippen LogP contribution is 2.13. The van der Waals surface area contributed by atoms with Gasteiger partial charge in [0.1, 0.15) is 0 Å². The first-order valence-electron chi connectivity index (χ1n) is 3.60. The van der Waals surface area contributed by atoms with E-state index in [-0.39, 0.29) is 0 Å². The highest BCUT2D eigenvalue weighted by Gasteiger charge is 2.10. The largest absolute Gasteiger partial charge is 0.616 e. The predicted molar refractivity (Wildman–Crippen MR) is 43.1 cm³/mol. The Balaban J connectivity index is 2.51. The second kappa shape index (κ2) is 2.70. The van der Waals surface area contributed by atoms with Crippen LogP contribution in [0, 0.1) is 5.21 Å². The van der Waals surface area contributed by atoms with Crippen molar-refractivity contribution in [2.45, 2.75) is 0 Å². The molecule has 0 aliphatic rings. The molecular weight excluding hydrogens is 154 g/mol. The lowest BCUT2D eigenvalue weighted by Crippen LogP contribution is -2.24. The monoisotopic (exact) mass is 161 g/mol. The van der Waals surface area contributed by atoms with Gasteiger partial charge in [0.15, 0.2) is 6.26 Å². The summed E-state index contributed by atoms with van der Waals surface area (Å²) < 4.78 is 5.70. The maximum atomic E-state index is 11.0. The summed E-state index contributed by atoms with van der Waals surface area (Å²) >= 11 is 0. The van der Waals surface area contributed by atoms with Crippen LogP contribution in [0.15, 0.2) is 47.2 Å². The van der Waals surface area contributed by atoms with Crippen LogP contribution < -0.4 is 4.73 Å². The molecule has 0 amide bonds. The molecular formula is C9H7NO2. The second-order valence-electron chi connectivity index (χ2n) is 2.40. The van der Waals surface area contributed by atoms with Gasteiger partial charge in [-0.1, -0.05) is 18.2 Å². The van der Waals surface area contributed by atoms with Crippen molar-refractivity contribution in [1.82, 2.24) is 0 Å². The van der Waals surface area contributed by atoms with Gasteiger partial charge in [-0.2, -0.15) is 0 Å². The summed E-state index contributed by atoms with van der Waals surface area (Å²) in [5.41, 5.74) is 0.789. The number of hydrogen-bond acceptors (Lipinski definition) is 2. The van der Waals surface area contributed by atoms with Crippen molar-refractivity contribution in [3.05, 3.63) is 48.0 Å². The molecule has 2 rings (SSSR count). The fraction of sp³-hybridized carbons (Fsp3) is 0. The molecule has 0 aliphatic carbocycles. The zero-order valence-corrected chi connectivity index (χ0v) is 6.31. The molecule has 0 atom stereocenters. The predicted octanol–water partition coefficient (Wildman–Crippen LogP) is 1.58. The molecule has 2 aromatic rings. The van der Waals surface area contributed by atoms with E-state index >= 15 is 0 Å². The number of nitrogens with zero attached hydrogens (tertiary/aromatic N) is 1. The zero-order chi connectivity index (χ0) is 8.39. The topological polar surface area (TPSA) is 40.1 Å². The average molecular weight is 161 g/mol. The van der Waals surface area contributed by atoms with Gasteiger partial charge < -0.3 is 9.62 Å². The number of benzene rings is 1. The van der Waals surface area contributed by atoms with E-state index in [9.17, 15) is 5.21 Å². The third kappa shape index (κ3) is 1.05. The van der Waals surface area contributed by atoms with Crippen molar-refractivity contribution in [1.29, 1.82) is 0 Å². The molecule has 0 saturated carbocycles. The molecule has 0 spiro atoms. The molecule has 1 aromatic carbocycles. The van der Waals surface area contributed by atoms with E-state index in [1.807, 2.05) is 30.3 Å². The molecule has 1 aromatic heterocycles. The Morgan fingerprint density at radius 2 is 1.92 bits per heavy atom. The maximum Gasteiger partial charge on any atom is 0.392 e. The lowest BCUT2D eigenvalue weighted by molar-refractivity contribution is -0.596. The van der Waals surface area contributed by atoms with Crippen LogP contribution in [0.2, 0.25) is 0 Å². The number of aromatic nitrogens is 1. The molecule has 0 bridgehead atoms. The van der Waals surface area contributed by atoms with Gasteiger partial charge in [0, 0.05) is 0 Å². The smallest absolute Gasteiger partial charge is 0.392 e. The van der Waals surface area contributed by atoms with Crippen LogP contribution in [0.3, 0.4) is 0 Å². The van der Waals surface area contributed by atoms with Crippen LogP contribution >= 0.6 is 0 Å². The summed E-state index contributed by atoms with van der Waals surface area (Å²) in [5, 5.41) is 11.0. The Hall–Kier alpha value is -1.77. The fourth-order valence-corrected chi connectivity index (χ4v) is 1.05. The molecule has 0 saturated heterocycles. The Labute approximate surface area is 69.5 Å². The SMILES string of the molecule is [O-][n+]1ccoc1-c1ccccc1. The van der Waals surface area contributed by atoms with Crippen molar-refractivity contribution >= 4 is 0 Å². The molecule has 1 heterocycles. The molecule has 0 fully saturated rings. The molecule has 3 nitrogen and oxygen atoms in total. The van der Waals surface area contributed by atoms with Crippen LogP contribution in [-0.2, 0) is 0 Å². The Morgan fingerprint density at radius 1 is 1.17 bits per heavy atom. The van der Waals surface area contributed by atoms with Gasteiger partial charge >= 0.3 is 5.89 Å². The summed E-state index contributed by atoms with van der Waals surface area (Å²) in [4.78, 5) is 0. The van der Waals surface area contributed by atoms with Gasteiger partial charge in [0.25, 0.3) is 0 Å². The first-order valence-corrected chi connectivity index (χ1v) is 3.60. The van der Waals surface area contributed by atoms with Crippen LogP contribution in [0.5, 0.6) is 0 Å². The molecule has 3 heteroatoms. The first kappa shape index (κ1) is 6.91. The third-order valence-electron chi connectivity index (χ3n) is 1.60. The zero-order valence-electron chi connectivity index (χ0n) is 6.31. The summed E-state index contributed by atoms with van der Waals surface area (Å²) in [6.07, 6.45) is 2.71. The summed E-state index contributed by atoms with van der Waals surface area (Å²) in [7, 11) is 0. The van der Waals surface area contributed by atoms with Crippen molar-refractivity contribution < 1.29 is 9.15 Å². The van der Waals surface area contributed by atoms with E-state index in [0.29, 0.717) is 10.6 Å². The van der Waals surface area contributed by atoms with Crippen molar-refractivity contribution in [2.75, 3.05) is 0 Å². The van der Waals surface area contributed by atoms with Crippen LogP contribution in [0.4, 0.5) is 0 Å². The standard InChI is InChI=1S/C9H7NO2/c11-10-6-7-12-9(10)8-4-2-1-3-5-8/h1-7H. The maximum absolute atomic E-state index is 11.0. The normalized spacial score (nSPS) is 10.0. The molecule has 60 valence electrons. The van der Waals surface area contributed by atoms with Gasteiger partial charge in [-0.25, -0.2) is 0 Å². The summed E-state index contributed by atoms with van der Waals surface area (Å²) in [5.74, 6) is 0.329. The lowest BCUT2D eigenvalue weighted by Gasteiger charge is -1.94. The van der Waals surface area contributed by atoms with Gasteiger partial charge in [0.05, 0.1) is 5.56 Å². The number of hydrogen-bond donors (Lipinski definition) is 0. The van der Waals surface area contributed by atoms with Crippen molar-refractivity contribution in [2.24, 2.45) is 0 Å². The Kier molecular flexibility index (Phi) is 1.55. The van der Waals surface area contributed by atoms with E-state index in [2.05, 4.69) is 0 Å². The first-order chi connectivity index (χ1) is 5.88. The molecule has 0 N–H and O–H groups in total. The lowest BCUT2D eigenvalue weighted by atomic mass is 10.2. The van der Waals surface area contributed by atoms with Crippen molar-refractivity contribution in [3.63, 3.8) is 0 Å². The summed E-state index contributed by atoms with van der Waals surface area (Å²) in [6.45, 7) is 0. The van der Waals surface area contributed by atoms with Gasteiger partial charge in [-0.15, -0.1) is 4.73 Å². The molecule has 0 unspecified atom stereocenters. The van der Waals surface area contributed by atoms with E-state index in [1.54, 1.807) is 0 Å². The third-order valence-corrected chi connectivity index (χ3v) is 1.60. The Morgan fingerprint density at radius 3 is 2.50 bits per heavy atom. The molecule has 0 aliphatic heterocycles. The van der Waals surface area contributed by atoms with Crippen LogP contribution in [0.25, 0.3) is 11.5 Å². The van der Waals surface area contributed by atoms with Crippen molar-refractivity contribution in [3.8, 4) is 11.5 Å². The minimum atomic E-state index is 0.329. The van der Waals surface area contributed by atoms with Gasteiger partial charge in [0.2, 0.25) is 6.20 Å². The number of rotatable bonds is 1. The van der Waals surface area contributed by atoms with E-state index < -0.39 is 0 Å². The van der Waals surface area contributed by atoms with Gasteiger partial charge in [-0.3, -0.25) is 0 Å². The Bertz CT molecular complexity index is 367. The van der Waals surface area contributed by atoms with E-state index in [1.165, 1.54) is 12.5 Å². The number of oxazole rings is 1. The molecule has 12 heavy (non-hydrogen) atoms. The highest BCUT2D eigenvalue weighted by molar-refractivity contribution is 5.49. The molecule has 0 radical (unpaired) electrons. The minimum Gasteiger partial charge on any atom is -0.616 e. The van der Waals surface area contributed by atoms with E-state index in [0.717, 1.165) is 5.56 Å². The quantitative estimate of drug-likeness (QED) is 0.470. The van der Waals surface area contributed by atoms with Crippen LogP contribution in [-0.4, -0.2) is 0 Å². The van der Waals surface area contributed by atoms with E-state index in [4.69, 9.17) is 4.42 Å². The minimum absolute atomic E-state index is 0.329. The van der Waals surface area contributed by atoms with Crippen LogP contribution in [0.1, 0.15) is 0 Å².